The van der Waals surface area contributed by atoms with Crippen LogP contribution in [0.4, 0.5) is 19.0 Å². The second-order valence-electron chi connectivity index (χ2n) is 3.72. The minimum atomic E-state index is -4.64. The molecule has 0 radical (unpaired) electrons. The van der Waals surface area contributed by atoms with Crippen LogP contribution >= 0.6 is 15.9 Å². The fraction of sp³-hybridized carbons (Fsp3) is 0.167. The Labute approximate surface area is 121 Å². The zero-order chi connectivity index (χ0) is 14.8. The van der Waals surface area contributed by atoms with E-state index < -0.39 is 12.0 Å². The number of aromatic nitrogens is 2. The first-order valence-corrected chi connectivity index (χ1v) is 6.25. The molecule has 0 spiro atoms. The van der Waals surface area contributed by atoms with Crippen LogP contribution in [0.5, 0.6) is 11.6 Å². The van der Waals surface area contributed by atoms with E-state index in [2.05, 4.69) is 31.2 Å². The zero-order valence-electron chi connectivity index (χ0n) is 10.2. The fourth-order valence-electron chi connectivity index (χ4n) is 1.38. The zero-order valence-corrected chi connectivity index (χ0v) is 11.8. The highest BCUT2D eigenvalue weighted by Gasteiger charge is 2.35. The van der Waals surface area contributed by atoms with Crippen LogP contribution in [0.15, 0.2) is 34.8 Å². The van der Waals surface area contributed by atoms with Gasteiger partial charge in [0.05, 0.1) is 0 Å². The third-order valence-corrected chi connectivity index (χ3v) is 2.72. The van der Waals surface area contributed by atoms with Crippen molar-refractivity contribution in [3.05, 3.63) is 40.6 Å². The molecule has 0 aliphatic heterocycles. The summed E-state index contributed by atoms with van der Waals surface area (Å²) in [5.74, 6) is -1.05. The Kier molecular flexibility index (Phi) is 4.12. The summed E-state index contributed by atoms with van der Waals surface area (Å²) in [7, 11) is 1.46. The highest BCUT2D eigenvalue weighted by molar-refractivity contribution is 9.10. The van der Waals surface area contributed by atoms with Gasteiger partial charge in [-0.1, -0.05) is 22.0 Å². The van der Waals surface area contributed by atoms with Crippen molar-refractivity contribution in [1.29, 1.82) is 0 Å². The predicted molar refractivity (Wildman–Crippen MR) is 70.8 cm³/mol. The molecule has 1 aromatic carbocycles. The van der Waals surface area contributed by atoms with Crippen LogP contribution in [0.1, 0.15) is 5.82 Å². The Morgan fingerprint density at radius 1 is 1.20 bits per heavy atom. The molecule has 0 fully saturated rings. The summed E-state index contributed by atoms with van der Waals surface area (Å²) in [5, 5.41) is 2.54. The molecule has 0 atom stereocenters. The lowest BCUT2D eigenvalue weighted by Crippen LogP contribution is -2.12. The minimum absolute atomic E-state index is 0.0253. The SMILES string of the molecule is CNc1cc(Oc2cccc(Br)c2)nc(C(F)(F)F)n1. The van der Waals surface area contributed by atoms with E-state index in [1.54, 1.807) is 24.3 Å². The first-order valence-electron chi connectivity index (χ1n) is 5.46. The third kappa shape index (κ3) is 3.60. The molecular weight excluding hydrogens is 339 g/mol. The highest BCUT2D eigenvalue weighted by Crippen LogP contribution is 2.30. The summed E-state index contributed by atoms with van der Waals surface area (Å²) < 4.78 is 44.1. The Hall–Kier alpha value is -1.83. The minimum Gasteiger partial charge on any atom is -0.439 e. The molecule has 0 aliphatic carbocycles. The summed E-state index contributed by atoms with van der Waals surface area (Å²) in [6, 6.07) is 7.99. The van der Waals surface area contributed by atoms with E-state index in [9.17, 15) is 13.2 Å². The Morgan fingerprint density at radius 2 is 1.95 bits per heavy atom. The van der Waals surface area contributed by atoms with Crippen LogP contribution in [-0.2, 0) is 6.18 Å². The molecule has 106 valence electrons. The maximum atomic E-state index is 12.7. The second-order valence-corrected chi connectivity index (χ2v) is 4.64. The van der Waals surface area contributed by atoms with Gasteiger partial charge in [-0.2, -0.15) is 18.2 Å². The van der Waals surface area contributed by atoms with Gasteiger partial charge in [0.1, 0.15) is 11.6 Å². The molecular formula is C12H9BrF3N3O. The largest absolute Gasteiger partial charge is 0.451 e. The van der Waals surface area contributed by atoms with Gasteiger partial charge in [0.2, 0.25) is 11.7 Å². The van der Waals surface area contributed by atoms with Gasteiger partial charge in [-0.05, 0) is 18.2 Å². The molecule has 0 amide bonds. The van der Waals surface area contributed by atoms with E-state index >= 15 is 0 Å². The Bertz CT molecular complexity index is 619. The average Bonchev–Trinajstić information content (AvgIpc) is 2.37. The van der Waals surface area contributed by atoms with Gasteiger partial charge in [0.25, 0.3) is 0 Å². The van der Waals surface area contributed by atoms with Crippen molar-refractivity contribution in [3.8, 4) is 11.6 Å². The number of hydrogen-bond acceptors (Lipinski definition) is 4. The molecule has 4 nitrogen and oxygen atoms in total. The highest BCUT2D eigenvalue weighted by atomic mass is 79.9. The molecule has 0 aliphatic rings. The van der Waals surface area contributed by atoms with Crippen molar-refractivity contribution >= 4 is 21.7 Å². The lowest BCUT2D eigenvalue weighted by atomic mass is 10.3. The topological polar surface area (TPSA) is 47.0 Å². The molecule has 0 saturated heterocycles. The Balaban J connectivity index is 2.36. The van der Waals surface area contributed by atoms with Crippen molar-refractivity contribution in [2.45, 2.75) is 6.18 Å². The van der Waals surface area contributed by atoms with Crippen molar-refractivity contribution in [2.75, 3.05) is 12.4 Å². The van der Waals surface area contributed by atoms with E-state index in [4.69, 9.17) is 4.74 Å². The number of halogens is 4. The van der Waals surface area contributed by atoms with Gasteiger partial charge < -0.3 is 10.1 Å². The number of benzene rings is 1. The molecule has 2 rings (SSSR count). The van der Waals surface area contributed by atoms with Crippen LogP contribution in [0.2, 0.25) is 0 Å². The predicted octanol–water partition coefficient (Wildman–Crippen LogP) is 4.09. The number of nitrogens with one attached hydrogen (secondary N) is 1. The first-order chi connectivity index (χ1) is 9.38. The third-order valence-electron chi connectivity index (χ3n) is 2.23. The van der Waals surface area contributed by atoms with E-state index in [-0.39, 0.29) is 11.7 Å². The van der Waals surface area contributed by atoms with Crippen molar-refractivity contribution < 1.29 is 17.9 Å². The first kappa shape index (κ1) is 14.6. The number of hydrogen-bond donors (Lipinski definition) is 1. The van der Waals surface area contributed by atoms with E-state index in [0.717, 1.165) is 4.47 Å². The quantitative estimate of drug-likeness (QED) is 0.908. The monoisotopic (exact) mass is 347 g/mol. The van der Waals surface area contributed by atoms with E-state index in [1.165, 1.54) is 13.1 Å². The van der Waals surface area contributed by atoms with E-state index in [0.29, 0.717) is 5.75 Å². The number of rotatable bonds is 3. The van der Waals surface area contributed by atoms with Crippen LogP contribution in [-0.4, -0.2) is 17.0 Å². The second kappa shape index (κ2) is 5.66. The maximum absolute atomic E-state index is 12.7. The van der Waals surface area contributed by atoms with Crippen LogP contribution in [0.25, 0.3) is 0 Å². The summed E-state index contributed by atoms with van der Waals surface area (Å²) in [4.78, 5) is 6.71. The fourth-order valence-corrected chi connectivity index (χ4v) is 1.76. The molecule has 0 unspecified atom stereocenters. The maximum Gasteiger partial charge on any atom is 0.451 e. The van der Waals surface area contributed by atoms with Crippen molar-refractivity contribution in [1.82, 2.24) is 9.97 Å². The summed E-state index contributed by atoms with van der Waals surface area (Å²) in [6.07, 6.45) is -4.64. The molecule has 1 aromatic heterocycles. The summed E-state index contributed by atoms with van der Waals surface area (Å²) >= 11 is 3.24. The van der Waals surface area contributed by atoms with Gasteiger partial charge in [-0.15, -0.1) is 0 Å². The average molecular weight is 348 g/mol. The van der Waals surface area contributed by atoms with Crippen LogP contribution < -0.4 is 10.1 Å². The van der Waals surface area contributed by atoms with Crippen molar-refractivity contribution in [2.24, 2.45) is 0 Å². The number of nitrogens with zero attached hydrogens (tertiary/aromatic N) is 2. The summed E-state index contributed by atoms with van der Waals surface area (Å²) in [6.45, 7) is 0. The van der Waals surface area contributed by atoms with Crippen LogP contribution in [0.3, 0.4) is 0 Å². The normalized spacial score (nSPS) is 11.2. The number of ether oxygens (including phenoxy) is 1. The lowest BCUT2D eigenvalue weighted by molar-refractivity contribution is -0.145. The van der Waals surface area contributed by atoms with Gasteiger partial charge in [0.15, 0.2) is 0 Å². The van der Waals surface area contributed by atoms with Gasteiger partial charge in [-0.25, -0.2) is 4.98 Å². The molecule has 0 bridgehead atoms. The molecule has 0 saturated carbocycles. The van der Waals surface area contributed by atoms with Gasteiger partial charge >= 0.3 is 6.18 Å². The van der Waals surface area contributed by atoms with Gasteiger partial charge in [-0.3, -0.25) is 0 Å². The summed E-state index contributed by atoms with van der Waals surface area (Å²) in [5.41, 5.74) is 0. The van der Waals surface area contributed by atoms with Crippen molar-refractivity contribution in [3.63, 3.8) is 0 Å². The van der Waals surface area contributed by atoms with E-state index in [1.807, 2.05) is 0 Å². The number of anilines is 1. The molecule has 20 heavy (non-hydrogen) atoms. The standard InChI is InChI=1S/C12H9BrF3N3O/c1-17-9-6-10(19-11(18-9)12(14,15)16)20-8-4-2-3-7(13)5-8/h2-6H,1H3,(H,17,18,19). The molecule has 1 N–H and O–H groups in total. The lowest BCUT2D eigenvalue weighted by Gasteiger charge is -2.10. The molecule has 2 aromatic rings. The smallest absolute Gasteiger partial charge is 0.439 e. The van der Waals surface area contributed by atoms with Gasteiger partial charge in [0, 0.05) is 17.6 Å². The number of alkyl halides is 3. The molecule has 1 heterocycles. The molecule has 8 heteroatoms. The van der Waals surface area contributed by atoms with Crippen LogP contribution in [0, 0.1) is 0 Å². The Morgan fingerprint density at radius 3 is 2.55 bits per heavy atom.